The summed E-state index contributed by atoms with van der Waals surface area (Å²) in [6.45, 7) is 1.04. The highest BCUT2D eigenvalue weighted by Gasteiger charge is 2.27. The summed E-state index contributed by atoms with van der Waals surface area (Å²) in [4.78, 5) is 21.9. The third kappa shape index (κ3) is 10.8. The van der Waals surface area contributed by atoms with E-state index in [9.17, 15) is 22.8 Å². The van der Waals surface area contributed by atoms with Gasteiger partial charge in [0.15, 0.2) is 0 Å². The fourth-order valence-electron chi connectivity index (χ4n) is 0.885. The third-order valence-corrected chi connectivity index (χ3v) is 1.66. The molecule has 0 bridgehead atoms. The van der Waals surface area contributed by atoms with Crippen LogP contribution in [0.25, 0.3) is 0 Å². The first kappa shape index (κ1) is 15.5. The minimum absolute atomic E-state index is 0.000756. The van der Waals surface area contributed by atoms with Crippen LogP contribution in [0.15, 0.2) is 0 Å². The van der Waals surface area contributed by atoms with Crippen molar-refractivity contribution in [3.63, 3.8) is 0 Å². The molecule has 0 rings (SSSR count). The predicted octanol–water partition coefficient (Wildman–Crippen LogP) is 0.764. The van der Waals surface area contributed by atoms with Gasteiger partial charge >= 0.3 is 12.2 Å². The molecule has 0 fully saturated rings. The molecule has 0 saturated carbocycles. The van der Waals surface area contributed by atoms with E-state index in [0.717, 1.165) is 6.42 Å². The van der Waals surface area contributed by atoms with Crippen LogP contribution < -0.4 is 16.0 Å². The number of hydrogen-bond donors (Lipinski definition) is 3. The van der Waals surface area contributed by atoms with E-state index >= 15 is 0 Å². The Hall–Kier alpha value is -1.47. The first-order chi connectivity index (χ1) is 7.85. The lowest BCUT2D eigenvalue weighted by molar-refractivity contribution is -0.123. The molecule has 0 atom stereocenters. The Bertz CT molecular complexity index is 256. The van der Waals surface area contributed by atoms with Gasteiger partial charge in [-0.1, -0.05) is 6.92 Å². The average Bonchev–Trinajstić information content (AvgIpc) is 2.22. The zero-order valence-electron chi connectivity index (χ0n) is 9.49. The standard InChI is InChI=1S/C9H16F3N3O2/c1-2-4-13-7(16)3-5-14-8(17)15-6-9(10,11)12/h2-6H2,1H3,(H,13,16)(H2,14,15,17). The van der Waals surface area contributed by atoms with Crippen LogP contribution in [0, 0.1) is 0 Å². The molecule has 0 aromatic rings. The molecule has 8 heteroatoms. The van der Waals surface area contributed by atoms with Crippen LogP contribution in [0.5, 0.6) is 0 Å². The highest BCUT2D eigenvalue weighted by atomic mass is 19.4. The monoisotopic (exact) mass is 255 g/mol. The molecule has 0 saturated heterocycles. The summed E-state index contributed by atoms with van der Waals surface area (Å²) in [5, 5.41) is 6.36. The quantitative estimate of drug-likeness (QED) is 0.656. The number of carbonyl (C=O) groups is 2. The number of alkyl halides is 3. The molecule has 3 amide bonds. The van der Waals surface area contributed by atoms with Gasteiger partial charge in [0.2, 0.25) is 5.91 Å². The molecule has 17 heavy (non-hydrogen) atoms. The van der Waals surface area contributed by atoms with Gasteiger partial charge in [0.25, 0.3) is 0 Å². The largest absolute Gasteiger partial charge is 0.405 e. The summed E-state index contributed by atoms with van der Waals surface area (Å²) >= 11 is 0. The van der Waals surface area contributed by atoms with E-state index in [-0.39, 0.29) is 18.9 Å². The lowest BCUT2D eigenvalue weighted by Gasteiger charge is -2.09. The molecule has 100 valence electrons. The van der Waals surface area contributed by atoms with Crippen molar-refractivity contribution in [1.82, 2.24) is 16.0 Å². The molecular weight excluding hydrogens is 239 g/mol. The zero-order valence-corrected chi connectivity index (χ0v) is 9.49. The Morgan fingerprint density at radius 1 is 1.06 bits per heavy atom. The highest BCUT2D eigenvalue weighted by molar-refractivity contribution is 5.78. The van der Waals surface area contributed by atoms with Crippen molar-refractivity contribution in [2.45, 2.75) is 25.9 Å². The fourth-order valence-corrected chi connectivity index (χ4v) is 0.885. The van der Waals surface area contributed by atoms with Crippen LogP contribution in [0.4, 0.5) is 18.0 Å². The van der Waals surface area contributed by atoms with E-state index < -0.39 is 18.8 Å². The molecule has 0 aromatic carbocycles. The molecule has 0 spiro atoms. The number of nitrogens with one attached hydrogen (secondary N) is 3. The zero-order chi connectivity index (χ0) is 13.3. The van der Waals surface area contributed by atoms with Gasteiger partial charge in [0.05, 0.1) is 0 Å². The van der Waals surface area contributed by atoms with E-state index in [1.807, 2.05) is 6.92 Å². The van der Waals surface area contributed by atoms with Crippen molar-refractivity contribution in [2.75, 3.05) is 19.6 Å². The predicted molar refractivity (Wildman–Crippen MR) is 55.4 cm³/mol. The Kier molecular flexibility index (Phi) is 7.08. The summed E-state index contributed by atoms with van der Waals surface area (Å²) in [7, 11) is 0. The van der Waals surface area contributed by atoms with E-state index in [4.69, 9.17) is 0 Å². The van der Waals surface area contributed by atoms with Crippen LogP contribution in [-0.2, 0) is 4.79 Å². The molecular formula is C9H16F3N3O2. The van der Waals surface area contributed by atoms with E-state index in [1.54, 1.807) is 5.32 Å². The molecule has 0 aliphatic carbocycles. The maximum absolute atomic E-state index is 11.7. The van der Waals surface area contributed by atoms with Crippen molar-refractivity contribution >= 4 is 11.9 Å². The highest BCUT2D eigenvalue weighted by Crippen LogP contribution is 2.11. The van der Waals surface area contributed by atoms with Crippen molar-refractivity contribution in [1.29, 1.82) is 0 Å². The lowest BCUT2D eigenvalue weighted by Crippen LogP contribution is -2.42. The fraction of sp³-hybridized carbons (Fsp3) is 0.778. The van der Waals surface area contributed by atoms with E-state index in [2.05, 4.69) is 10.6 Å². The molecule has 0 radical (unpaired) electrons. The van der Waals surface area contributed by atoms with Crippen LogP contribution in [-0.4, -0.2) is 37.7 Å². The van der Waals surface area contributed by atoms with E-state index in [1.165, 1.54) is 0 Å². The molecule has 0 aliphatic heterocycles. The van der Waals surface area contributed by atoms with Crippen molar-refractivity contribution < 1.29 is 22.8 Å². The molecule has 0 unspecified atom stereocenters. The summed E-state index contributed by atoms with van der Waals surface area (Å²) in [5.41, 5.74) is 0. The Balaban J connectivity index is 3.54. The maximum Gasteiger partial charge on any atom is 0.405 e. The minimum Gasteiger partial charge on any atom is -0.356 e. The van der Waals surface area contributed by atoms with Gasteiger partial charge in [-0.2, -0.15) is 13.2 Å². The topological polar surface area (TPSA) is 70.2 Å². The Morgan fingerprint density at radius 2 is 1.71 bits per heavy atom. The van der Waals surface area contributed by atoms with Gasteiger partial charge < -0.3 is 16.0 Å². The van der Waals surface area contributed by atoms with Crippen LogP contribution in [0.1, 0.15) is 19.8 Å². The molecule has 3 N–H and O–H groups in total. The SMILES string of the molecule is CCCNC(=O)CCNC(=O)NCC(F)(F)F. The Labute approximate surface area is 97.1 Å². The van der Waals surface area contributed by atoms with E-state index in [0.29, 0.717) is 6.54 Å². The van der Waals surface area contributed by atoms with Crippen LogP contribution >= 0.6 is 0 Å². The second-order valence-electron chi connectivity index (χ2n) is 3.32. The normalized spacial score (nSPS) is 10.8. The lowest BCUT2D eigenvalue weighted by atomic mass is 10.4. The summed E-state index contributed by atoms with van der Waals surface area (Å²) in [6.07, 6.45) is -3.60. The number of carbonyl (C=O) groups excluding carboxylic acids is 2. The molecule has 0 aliphatic rings. The second kappa shape index (κ2) is 7.75. The molecule has 5 nitrogen and oxygen atoms in total. The molecule has 0 aromatic heterocycles. The summed E-state index contributed by atoms with van der Waals surface area (Å²) < 4.78 is 35.1. The van der Waals surface area contributed by atoms with Gasteiger partial charge in [-0.15, -0.1) is 0 Å². The van der Waals surface area contributed by atoms with Gasteiger partial charge in [-0.05, 0) is 6.42 Å². The number of urea groups is 1. The third-order valence-electron chi connectivity index (χ3n) is 1.66. The van der Waals surface area contributed by atoms with Crippen molar-refractivity contribution in [3.05, 3.63) is 0 Å². The average molecular weight is 255 g/mol. The molecule has 0 heterocycles. The first-order valence-electron chi connectivity index (χ1n) is 5.20. The smallest absolute Gasteiger partial charge is 0.356 e. The Morgan fingerprint density at radius 3 is 2.24 bits per heavy atom. The summed E-state index contributed by atoms with van der Waals surface area (Å²) in [6, 6.07) is -0.939. The van der Waals surface area contributed by atoms with Crippen LogP contribution in [0.3, 0.4) is 0 Å². The maximum atomic E-state index is 11.7. The second-order valence-corrected chi connectivity index (χ2v) is 3.32. The van der Waals surface area contributed by atoms with Gasteiger partial charge in [-0.25, -0.2) is 4.79 Å². The van der Waals surface area contributed by atoms with Gasteiger partial charge in [-0.3, -0.25) is 4.79 Å². The van der Waals surface area contributed by atoms with Crippen molar-refractivity contribution in [2.24, 2.45) is 0 Å². The van der Waals surface area contributed by atoms with Crippen LogP contribution in [0.2, 0.25) is 0 Å². The van der Waals surface area contributed by atoms with Gasteiger partial charge in [0, 0.05) is 19.5 Å². The van der Waals surface area contributed by atoms with Gasteiger partial charge in [0.1, 0.15) is 6.54 Å². The van der Waals surface area contributed by atoms with Crippen molar-refractivity contribution in [3.8, 4) is 0 Å². The number of rotatable bonds is 6. The minimum atomic E-state index is -4.43. The number of halogens is 3. The first-order valence-corrected chi connectivity index (χ1v) is 5.20. The number of amides is 3. The number of hydrogen-bond acceptors (Lipinski definition) is 2. The summed E-state index contributed by atoms with van der Waals surface area (Å²) in [5.74, 6) is -0.247.